The highest BCUT2D eigenvalue weighted by Gasteiger charge is 1.82. The predicted molar refractivity (Wildman–Crippen MR) is 42.8 cm³/mol. The molecule has 0 aromatic heterocycles. The van der Waals surface area contributed by atoms with Crippen LogP contribution in [0.3, 0.4) is 0 Å². The minimum Gasteiger partial charge on any atom is -0.508 e. The summed E-state index contributed by atoms with van der Waals surface area (Å²) in [4.78, 5) is 0. The third-order valence-electron chi connectivity index (χ3n) is 1.03. The molecule has 0 atom stereocenters. The number of hydrogen-bond acceptors (Lipinski definition) is 1. The van der Waals surface area contributed by atoms with Gasteiger partial charge in [0.25, 0.3) is 0 Å². The standard InChI is InChI=1S/C7H8O.Al.3H/c1-6-2-4-7(8)5-3-6;;;;/h2-5,8H,1H3;;;;. The van der Waals surface area contributed by atoms with Gasteiger partial charge in [-0.3, -0.25) is 0 Å². The van der Waals surface area contributed by atoms with E-state index in [4.69, 9.17) is 5.11 Å². The Kier molecular flexibility index (Phi) is 3.38. The molecule has 0 aliphatic rings. The summed E-state index contributed by atoms with van der Waals surface area (Å²) in [5.41, 5.74) is 1.17. The summed E-state index contributed by atoms with van der Waals surface area (Å²) in [7, 11) is 0. The molecule has 0 unspecified atom stereocenters. The van der Waals surface area contributed by atoms with Gasteiger partial charge in [0, 0.05) is 0 Å². The van der Waals surface area contributed by atoms with Gasteiger partial charge in [0.2, 0.25) is 0 Å². The second-order valence-electron chi connectivity index (χ2n) is 1.84. The molecule has 48 valence electrons. The molecular weight excluding hydrogens is 127 g/mol. The molecule has 0 spiro atoms. The van der Waals surface area contributed by atoms with Crippen molar-refractivity contribution in [2.75, 3.05) is 0 Å². The Morgan fingerprint density at radius 2 is 1.56 bits per heavy atom. The molecule has 1 aromatic rings. The summed E-state index contributed by atoms with van der Waals surface area (Å²) in [6, 6.07) is 7.09. The lowest BCUT2D eigenvalue weighted by Gasteiger charge is -1.89. The quantitative estimate of drug-likeness (QED) is 0.518. The van der Waals surface area contributed by atoms with Crippen LogP contribution in [-0.2, 0) is 0 Å². The number of rotatable bonds is 0. The van der Waals surface area contributed by atoms with Crippen molar-refractivity contribution in [1.29, 1.82) is 0 Å². The van der Waals surface area contributed by atoms with E-state index in [-0.39, 0.29) is 17.4 Å². The second-order valence-corrected chi connectivity index (χ2v) is 1.84. The van der Waals surface area contributed by atoms with Gasteiger partial charge in [-0.15, -0.1) is 0 Å². The molecular formula is C7H11AlO. The Hall–Kier alpha value is -0.448. The van der Waals surface area contributed by atoms with Crippen molar-refractivity contribution < 1.29 is 5.11 Å². The van der Waals surface area contributed by atoms with E-state index in [1.54, 1.807) is 12.1 Å². The fourth-order valence-electron chi connectivity index (χ4n) is 0.545. The van der Waals surface area contributed by atoms with Crippen molar-refractivity contribution >= 4 is 17.4 Å². The highest BCUT2D eigenvalue weighted by molar-refractivity contribution is 5.75. The highest BCUT2D eigenvalue weighted by Crippen LogP contribution is 2.07. The van der Waals surface area contributed by atoms with Crippen LogP contribution in [0.2, 0.25) is 0 Å². The molecule has 9 heavy (non-hydrogen) atoms. The van der Waals surface area contributed by atoms with E-state index in [1.165, 1.54) is 5.56 Å². The first-order valence-electron chi connectivity index (χ1n) is 2.54. The smallest absolute Gasteiger partial charge is 0.187 e. The van der Waals surface area contributed by atoms with Crippen LogP contribution < -0.4 is 0 Å². The summed E-state index contributed by atoms with van der Waals surface area (Å²) in [6.07, 6.45) is 0. The third-order valence-corrected chi connectivity index (χ3v) is 1.03. The molecule has 0 aliphatic heterocycles. The van der Waals surface area contributed by atoms with E-state index in [1.807, 2.05) is 19.1 Å². The van der Waals surface area contributed by atoms with Crippen LogP contribution in [0.25, 0.3) is 0 Å². The number of phenolic OH excluding ortho intramolecular Hbond substituents is 1. The highest BCUT2D eigenvalue weighted by atomic mass is 27.0. The molecule has 1 nitrogen and oxygen atoms in total. The lowest BCUT2D eigenvalue weighted by Crippen LogP contribution is -1.66. The van der Waals surface area contributed by atoms with Crippen molar-refractivity contribution in [2.24, 2.45) is 0 Å². The third kappa shape index (κ3) is 2.55. The average molecular weight is 138 g/mol. The molecule has 0 radical (unpaired) electrons. The van der Waals surface area contributed by atoms with E-state index in [0.29, 0.717) is 5.75 Å². The molecule has 1 aromatic carbocycles. The Morgan fingerprint density at radius 1 is 1.11 bits per heavy atom. The van der Waals surface area contributed by atoms with Gasteiger partial charge in [0.05, 0.1) is 0 Å². The van der Waals surface area contributed by atoms with Crippen LogP contribution in [0.5, 0.6) is 5.75 Å². The Morgan fingerprint density at radius 3 is 1.89 bits per heavy atom. The van der Waals surface area contributed by atoms with Crippen LogP contribution >= 0.6 is 0 Å². The van der Waals surface area contributed by atoms with Crippen LogP contribution in [0, 0.1) is 6.92 Å². The van der Waals surface area contributed by atoms with Gasteiger partial charge in [-0.25, -0.2) is 0 Å². The summed E-state index contributed by atoms with van der Waals surface area (Å²) < 4.78 is 0. The van der Waals surface area contributed by atoms with E-state index in [9.17, 15) is 0 Å². The number of aromatic hydroxyl groups is 1. The molecule has 0 amide bonds. The van der Waals surface area contributed by atoms with Crippen molar-refractivity contribution in [3.63, 3.8) is 0 Å². The largest absolute Gasteiger partial charge is 0.508 e. The van der Waals surface area contributed by atoms with Crippen molar-refractivity contribution in [3.8, 4) is 5.75 Å². The maximum atomic E-state index is 8.76. The molecule has 0 fully saturated rings. The first kappa shape index (κ1) is 8.55. The molecule has 1 N–H and O–H groups in total. The second kappa shape index (κ2) is 3.55. The summed E-state index contributed by atoms with van der Waals surface area (Å²) in [6.45, 7) is 1.99. The lowest BCUT2D eigenvalue weighted by molar-refractivity contribution is 0.475. The fraction of sp³-hybridized carbons (Fsp3) is 0.143. The predicted octanol–water partition coefficient (Wildman–Crippen LogP) is 0.517. The molecule has 0 saturated heterocycles. The average Bonchev–Trinajstić information content (AvgIpc) is 1.77. The maximum absolute atomic E-state index is 8.76. The Bertz CT molecular complexity index is 148. The zero-order valence-corrected chi connectivity index (χ0v) is 4.76. The molecule has 1 rings (SSSR count). The van der Waals surface area contributed by atoms with Gasteiger partial charge in [0.1, 0.15) is 5.75 Å². The van der Waals surface area contributed by atoms with Crippen molar-refractivity contribution in [2.45, 2.75) is 6.92 Å². The van der Waals surface area contributed by atoms with E-state index in [0.717, 1.165) is 0 Å². The number of aryl methyl sites for hydroxylation is 1. The Labute approximate surface area is 65.5 Å². The van der Waals surface area contributed by atoms with Gasteiger partial charge in [-0.1, -0.05) is 17.7 Å². The Balaban J connectivity index is 0.000000640. The minimum atomic E-state index is 0. The molecule has 0 heterocycles. The molecule has 0 aliphatic carbocycles. The lowest BCUT2D eigenvalue weighted by atomic mass is 10.2. The summed E-state index contributed by atoms with van der Waals surface area (Å²) >= 11 is 0. The number of benzene rings is 1. The van der Waals surface area contributed by atoms with Gasteiger partial charge in [-0.05, 0) is 19.1 Å². The van der Waals surface area contributed by atoms with Gasteiger partial charge in [-0.2, -0.15) is 0 Å². The zero-order chi connectivity index (χ0) is 5.98. The maximum Gasteiger partial charge on any atom is 0.187 e. The topological polar surface area (TPSA) is 20.2 Å². The number of phenols is 1. The molecule has 2 heteroatoms. The van der Waals surface area contributed by atoms with E-state index in [2.05, 4.69) is 0 Å². The van der Waals surface area contributed by atoms with Crippen LogP contribution in [0.4, 0.5) is 0 Å². The first-order chi connectivity index (χ1) is 3.79. The van der Waals surface area contributed by atoms with Crippen LogP contribution in [0.15, 0.2) is 24.3 Å². The van der Waals surface area contributed by atoms with Gasteiger partial charge in [0.15, 0.2) is 17.4 Å². The van der Waals surface area contributed by atoms with E-state index >= 15 is 0 Å². The monoisotopic (exact) mass is 138 g/mol. The number of hydrogen-bond donors (Lipinski definition) is 1. The van der Waals surface area contributed by atoms with Crippen LogP contribution in [-0.4, -0.2) is 22.5 Å². The van der Waals surface area contributed by atoms with Crippen molar-refractivity contribution in [1.82, 2.24) is 0 Å². The fourth-order valence-corrected chi connectivity index (χ4v) is 0.545. The van der Waals surface area contributed by atoms with Crippen molar-refractivity contribution in [3.05, 3.63) is 29.8 Å². The zero-order valence-electron chi connectivity index (χ0n) is 4.76. The summed E-state index contributed by atoms with van der Waals surface area (Å²) in [5, 5.41) is 8.76. The first-order valence-corrected chi connectivity index (χ1v) is 2.54. The van der Waals surface area contributed by atoms with Crippen LogP contribution in [0.1, 0.15) is 5.56 Å². The van der Waals surface area contributed by atoms with E-state index < -0.39 is 0 Å². The normalized spacial score (nSPS) is 8.11. The molecule has 0 bridgehead atoms. The minimum absolute atomic E-state index is 0. The SMILES string of the molecule is Cc1ccc(O)cc1.[AlH3]. The molecule has 0 saturated carbocycles. The van der Waals surface area contributed by atoms with Gasteiger partial charge >= 0.3 is 0 Å². The van der Waals surface area contributed by atoms with Gasteiger partial charge < -0.3 is 5.11 Å². The summed E-state index contributed by atoms with van der Waals surface area (Å²) in [5.74, 6) is 0.329.